The molecule has 0 aliphatic heterocycles. The lowest BCUT2D eigenvalue weighted by molar-refractivity contribution is -0.0519. The first-order valence-electron chi connectivity index (χ1n) is 8.91. The Bertz CT molecular complexity index is 763. The van der Waals surface area contributed by atoms with Crippen LogP contribution in [0.3, 0.4) is 0 Å². The summed E-state index contributed by atoms with van der Waals surface area (Å²) in [6.07, 6.45) is 0. The van der Waals surface area contributed by atoms with Gasteiger partial charge in [0.2, 0.25) is 0 Å². The molecule has 0 spiro atoms. The van der Waals surface area contributed by atoms with E-state index >= 15 is 0 Å². The molecular formula is C20H20O4S4Si. The first-order chi connectivity index (χ1) is 14.3. The Balaban J connectivity index is 1.51. The molecule has 0 radical (unpaired) electrons. The molecule has 29 heavy (non-hydrogen) atoms. The van der Waals surface area contributed by atoms with Crippen LogP contribution in [-0.4, -0.2) is 9.05 Å². The van der Waals surface area contributed by atoms with Gasteiger partial charge in [0.1, 0.15) is 0 Å². The minimum absolute atomic E-state index is 0.395. The first-order valence-corrected chi connectivity index (χ1v) is 14.3. The second-order valence-electron chi connectivity index (χ2n) is 6.18. The van der Waals surface area contributed by atoms with Gasteiger partial charge in [0.25, 0.3) is 0 Å². The van der Waals surface area contributed by atoms with Gasteiger partial charge in [-0.25, -0.2) is 0 Å². The van der Waals surface area contributed by atoms with Crippen LogP contribution < -0.4 is 0 Å². The van der Waals surface area contributed by atoms with E-state index in [1.54, 1.807) is 45.3 Å². The van der Waals surface area contributed by atoms with E-state index in [-0.39, 0.29) is 0 Å². The van der Waals surface area contributed by atoms with E-state index in [1.807, 2.05) is 45.8 Å². The largest absolute Gasteiger partial charge is 0.680 e. The fourth-order valence-corrected chi connectivity index (χ4v) is 6.92. The second-order valence-corrected chi connectivity index (χ2v) is 11.5. The van der Waals surface area contributed by atoms with Crippen LogP contribution in [0.2, 0.25) is 0 Å². The van der Waals surface area contributed by atoms with E-state index in [2.05, 4.69) is 21.5 Å². The zero-order chi connectivity index (χ0) is 19.8. The molecule has 4 rings (SSSR count). The Morgan fingerprint density at radius 2 is 0.759 bits per heavy atom. The van der Waals surface area contributed by atoms with Crippen molar-refractivity contribution in [1.29, 1.82) is 0 Å². The molecule has 0 N–H and O–H groups in total. The Morgan fingerprint density at radius 1 is 0.483 bits per heavy atom. The van der Waals surface area contributed by atoms with Crippen molar-refractivity contribution in [3.8, 4) is 0 Å². The third-order valence-corrected chi connectivity index (χ3v) is 8.90. The Hall–Kier alpha value is -1.14. The maximum absolute atomic E-state index is 6.26. The molecule has 4 aromatic heterocycles. The van der Waals surface area contributed by atoms with Crippen molar-refractivity contribution in [2.24, 2.45) is 0 Å². The Kier molecular flexibility index (Phi) is 7.83. The normalized spacial score (nSPS) is 11.9. The standard InChI is InChI=1S/C20H20O4S4Si/c1-5-25-13-17(1)9-21-29(22-10-18-2-6-26-14-18,23-11-19-3-7-27-15-19)24-12-20-4-8-28-16-20/h1-8,13-16H,9-12H2. The molecule has 0 aliphatic carbocycles. The minimum Gasteiger partial charge on any atom is -0.347 e. The number of rotatable bonds is 12. The third-order valence-electron chi connectivity index (χ3n) is 3.98. The topological polar surface area (TPSA) is 36.9 Å². The highest BCUT2D eigenvalue weighted by atomic mass is 32.1. The van der Waals surface area contributed by atoms with Crippen molar-refractivity contribution in [3.63, 3.8) is 0 Å². The summed E-state index contributed by atoms with van der Waals surface area (Å²) in [4.78, 5) is 0. The van der Waals surface area contributed by atoms with Crippen molar-refractivity contribution in [2.75, 3.05) is 0 Å². The average Bonchev–Trinajstić information content (AvgIpc) is 3.56. The lowest BCUT2D eigenvalue weighted by atomic mass is 10.4. The summed E-state index contributed by atoms with van der Waals surface area (Å²) in [6.45, 7) is 1.58. The SMILES string of the molecule is c1cc(CO[Si](OCc2ccsc2)(OCc2ccsc2)OCc2ccsc2)cs1. The average molecular weight is 481 g/mol. The number of hydrogen-bond donors (Lipinski definition) is 0. The smallest absolute Gasteiger partial charge is 0.347 e. The van der Waals surface area contributed by atoms with Crippen LogP contribution in [0.4, 0.5) is 0 Å². The minimum atomic E-state index is -3.40. The molecule has 0 bridgehead atoms. The van der Waals surface area contributed by atoms with Crippen LogP contribution >= 0.6 is 45.3 Å². The summed E-state index contributed by atoms with van der Waals surface area (Å²) in [5.41, 5.74) is 4.35. The van der Waals surface area contributed by atoms with E-state index < -0.39 is 9.05 Å². The predicted molar refractivity (Wildman–Crippen MR) is 122 cm³/mol. The Labute approximate surface area is 187 Å². The molecular weight excluding hydrogens is 461 g/mol. The van der Waals surface area contributed by atoms with Crippen molar-refractivity contribution in [2.45, 2.75) is 26.4 Å². The summed E-state index contributed by atoms with van der Waals surface area (Å²) in [7, 11) is -3.40. The van der Waals surface area contributed by atoms with E-state index in [9.17, 15) is 0 Å². The Morgan fingerprint density at radius 3 is 0.966 bits per heavy atom. The lowest BCUT2D eigenvalue weighted by Crippen LogP contribution is -2.48. The summed E-state index contributed by atoms with van der Waals surface area (Å²) in [6, 6.07) is 8.17. The zero-order valence-corrected chi connectivity index (χ0v) is 19.8. The van der Waals surface area contributed by atoms with E-state index in [4.69, 9.17) is 17.7 Å². The molecule has 0 fully saturated rings. The van der Waals surface area contributed by atoms with Gasteiger partial charge in [-0.15, -0.1) is 0 Å². The molecule has 0 aromatic carbocycles. The maximum Gasteiger partial charge on any atom is 0.680 e. The molecule has 0 saturated carbocycles. The van der Waals surface area contributed by atoms with Gasteiger partial charge in [0, 0.05) is 0 Å². The molecule has 4 aromatic rings. The van der Waals surface area contributed by atoms with Gasteiger partial charge in [-0.3, -0.25) is 0 Å². The van der Waals surface area contributed by atoms with Crippen LogP contribution in [-0.2, 0) is 44.1 Å². The highest BCUT2D eigenvalue weighted by Crippen LogP contribution is 2.23. The summed E-state index contributed by atoms with van der Waals surface area (Å²) < 4.78 is 25.0. The van der Waals surface area contributed by atoms with Gasteiger partial charge < -0.3 is 17.7 Å². The second kappa shape index (κ2) is 10.8. The van der Waals surface area contributed by atoms with E-state index in [1.165, 1.54) is 0 Å². The lowest BCUT2D eigenvalue weighted by Gasteiger charge is -2.28. The molecule has 0 unspecified atom stereocenters. The highest BCUT2D eigenvalue weighted by molar-refractivity contribution is 7.08. The van der Waals surface area contributed by atoms with Gasteiger partial charge in [0.05, 0.1) is 26.4 Å². The van der Waals surface area contributed by atoms with Gasteiger partial charge >= 0.3 is 9.05 Å². The quantitative estimate of drug-likeness (QED) is 0.216. The zero-order valence-electron chi connectivity index (χ0n) is 15.5. The molecule has 0 amide bonds. The van der Waals surface area contributed by atoms with Gasteiger partial charge in [-0.1, -0.05) is 0 Å². The van der Waals surface area contributed by atoms with Crippen LogP contribution in [0.5, 0.6) is 0 Å². The predicted octanol–water partition coefficient (Wildman–Crippen LogP) is 6.54. The monoisotopic (exact) mass is 480 g/mol. The molecule has 0 saturated heterocycles. The van der Waals surface area contributed by atoms with Crippen molar-refractivity contribution < 1.29 is 17.7 Å². The van der Waals surface area contributed by atoms with Crippen LogP contribution in [0.15, 0.2) is 67.3 Å². The van der Waals surface area contributed by atoms with Gasteiger partial charge in [-0.2, -0.15) is 45.3 Å². The summed E-state index contributed by atoms with van der Waals surface area (Å²) >= 11 is 6.57. The van der Waals surface area contributed by atoms with E-state index in [0.717, 1.165) is 22.3 Å². The highest BCUT2D eigenvalue weighted by Gasteiger charge is 2.46. The van der Waals surface area contributed by atoms with Crippen LogP contribution in [0, 0.1) is 0 Å². The van der Waals surface area contributed by atoms with E-state index in [0.29, 0.717) is 26.4 Å². The fourth-order valence-electron chi connectivity index (χ4n) is 2.44. The first kappa shape index (κ1) is 21.1. The molecule has 4 nitrogen and oxygen atoms in total. The van der Waals surface area contributed by atoms with Crippen molar-refractivity contribution >= 4 is 54.4 Å². The maximum atomic E-state index is 6.26. The van der Waals surface area contributed by atoms with Crippen LogP contribution in [0.1, 0.15) is 22.3 Å². The van der Waals surface area contributed by atoms with Gasteiger partial charge in [-0.05, 0) is 89.6 Å². The number of hydrogen-bond acceptors (Lipinski definition) is 8. The van der Waals surface area contributed by atoms with Crippen molar-refractivity contribution in [1.82, 2.24) is 0 Å². The summed E-state index contributed by atoms with van der Waals surface area (Å²) in [5, 5.41) is 16.4. The molecule has 0 atom stereocenters. The fraction of sp³-hybridized carbons (Fsp3) is 0.200. The molecule has 9 heteroatoms. The third kappa shape index (κ3) is 6.42. The van der Waals surface area contributed by atoms with Crippen molar-refractivity contribution in [3.05, 3.63) is 89.6 Å². The molecule has 152 valence electrons. The van der Waals surface area contributed by atoms with Crippen LogP contribution in [0.25, 0.3) is 0 Å². The molecule has 4 heterocycles. The van der Waals surface area contributed by atoms with Gasteiger partial charge in [0.15, 0.2) is 0 Å². The summed E-state index contributed by atoms with van der Waals surface area (Å²) in [5.74, 6) is 0. The molecule has 0 aliphatic rings. The number of thiophene rings is 4.